The van der Waals surface area contributed by atoms with Crippen LogP contribution < -0.4 is 5.32 Å². The molecule has 1 aromatic heterocycles. The predicted molar refractivity (Wildman–Crippen MR) is 92.7 cm³/mol. The molecule has 0 spiro atoms. The lowest BCUT2D eigenvalue weighted by Gasteiger charge is -2.08. The Kier molecular flexibility index (Phi) is 4.34. The van der Waals surface area contributed by atoms with Crippen LogP contribution in [0.15, 0.2) is 48.7 Å². The molecule has 6 nitrogen and oxygen atoms in total. The Morgan fingerprint density at radius 3 is 2.58 bits per heavy atom. The van der Waals surface area contributed by atoms with Gasteiger partial charge < -0.3 is 5.32 Å². The van der Waals surface area contributed by atoms with Gasteiger partial charge in [-0.3, -0.25) is 0 Å². The van der Waals surface area contributed by atoms with Gasteiger partial charge in [-0.05, 0) is 42.3 Å². The van der Waals surface area contributed by atoms with E-state index in [9.17, 15) is 5.26 Å². The molecule has 3 rings (SSSR count). The maximum Gasteiger partial charge on any atom is 0.216 e. The topological polar surface area (TPSA) is 90.3 Å². The van der Waals surface area contributed by atoms with Gasteiger partial charge in [-0.2, -0.15) is 10.5 Å². The van der Waals surface area contributed by atoms with E-state index in [1.54, 1.807) is 6.20 Å². The summed E-state index contributed by atoms with van der Waals surface area (Å²) in [6, 6.07) is 16.5. The van der Waals surface area contributed by atoms with Gasteiger partial charge in [0, 0.05) is 11.9 Å². The van der Waals surface area contributed by atoms with Crippen molar-refractivity contribution in [3.8, 4) is 17.2 Å². The summed E-state index contributed by atoms with van der Waals surface area (Å²) in [5, 5.41) is 25.7. The first-order chi connectivity index (χ1) is 11.7. The van der Waals surface area contributed by atoms with Gasteiger partial charge in [-0.25, -0.2) is 0 Å². The average molecular weight is 316 g/mol. The van der Waals surface area contributed by atoms with E-state index in [4.69, 9.17) is 0 Å². The standard InChI is InChI=1S/C18H16N6/c1-12-6-13(2)8-15(7-12)14-4-3-5-17(9-14)20-11-16(10-19)18-21-23-24-22-18/h3-9,11,20H,1-2H3,(H,21,22,23,24). The van der Waals surface area contributed by atoms with Crippen LogP contribution in [0, 0.1) is 25.2 Å². The van der Waals surface area contributed by atoms with Crippen molar-refractivity contribution >= 4 is 11.3 Å². The minimum absolute atomic E-state index is 0.260. The molecule has 0 bridgehead atoms. The van der Waals surface area contributed by atoms with Crippen molar-refractivity contribution in [3.05, 3.63) is 65.6 Å². The Morgan fingerprint density at radius 1 is 1.12 bits per heavy atom. The van der Waals surface area contributed by atoms with E-state index < -0.39 is 0 Å². The highest BCUT2D eigenvalue weighted by Gasteiger charge is 2.06. The number of hydrogen-bond acceptors (Lipinski definition) is 5. The molecule has 0 saturated carbocycles. The number of aromatic amines is 1. The third kappa shape index (κ3) is 3.47. The van der Waals surface area contributed by atoms with Crippen LogP contribution in [0.5, 0.6) is 0 Å². The summed E-state index contributed by atoms with van der Waals surface area (Å²) in [5.41, 5.74) is 5.92. The van der Waals surface area contributed by atoms with Crippen molar-refractivity contribution in [3.63, 3.8) is 0 Å². The molecule has 0 radical (unpaired) electrons. The molecule has 0 saturated heterocycles. The first kappa shape index (κ1) is 15.4. The van der Waals surface area contributed by atoms with Crippen LogP contribution in [0.3, 0.4) is 0 Å². The Labute approximate surface area is 139 Å². The Bertz CT molecular complexity index is 899. The Balaban J connectivity index is 1.87. The average Bonchev–Trinajstić information content (AvgIpc) is 3.09. The maximum atomic E-state index is 9.19. The molecule has 0 amide bonds. The summed E-state index contributed by atoms with van der Waals surface area (Å²) in [6.45, 7) is 4.18. The molecule has 0 aliphatic rings. The number of aromatic nitrogens is 4. The normalized spacial score (nSPS) is 11.1. The SMILES string of the molecule is Cc1cc(C)cc(-c2cccc(NC=C(C#N)c3nn[nH]n3)c2)c1. The number of hydrogen-bond donors (Lipinski definition) is 2. The van der Waals surface area contributed by atoms with Crippen LogP contribution >= 0.6 is 0 Å². The van der Waals surface area contributed by atoms with Crippen LogP contribution in [-0.2, 0) is 0 Å². The number of tetrazole rings is 1. The van der Waals surface area contributed by atoms with Gasteiger partial charge in [-0.15, -0.1) is 10.2 Å². The number of anilines is 1. The van der Waals surface area contributed by atoms with Crippen LogP contribution in [0.1, 0.15) is 17.0 Å². The molecule has 6 heteroatoms. The van der Waals surface area contributed by atoms with E-state index in [2.05, 4.69) is 64.1 Å². The van der Waals surface area contributed by atoms with E-state index in [0.29, 0.717) is 5.57 Å². The van der Waals surface area contributed by atoms with Gasteiger partial charge in [-0.1, -0.05) is 41.5 Å². The zero-order valence-electron chi connectivity index (χ0n) is 13.4. The van der Waals surface area contributed by atoms with Crippen molar-refractivity contribution in [2.75, 3.05) is 5.32 Å². The minimum Gasteiger partial charge on any atom is -0.360 e. The van der Waals surface area contributed by atoms with Crippen molar-refractivity contribution in [1.82, 2.24) is 20.6 Å². The zero-order valence-corrected chi connectivity index (χ0v) is 13.4. The number of aryl methyl sites for hydroxylation is 2. The van der Waals surface area contributed by atoms with E-state index in [0.717, 1.165) is 11.3 Å². The molecular formula is C18H16N6. The molecule has 2 aromatic carbocycles. The molecule has 1 heterocycles. The van der Waals surface area contributed by atoms with Gasteiger partial charge in [0.2, 0.25) is 5.82 Å². The highest BCUT2D eigenvalue weighted by molar-refractivity contribution is 5.75. The number of rotatable bonds is 4. The highest BCUT2D eigenvalue weighted by Crippen LogP contribution is 2.25. The van der Waals surface area contributed by atoms with E-state index in [-0.39, 0.29) is 5.82 Å². The lowest BCUT2D eigenvalue weighted by molar-refractivity contribution is 0.881. The van der Waals surface area contributed by atoms with Gasteiger partial charge in [0.15, 0.2) is 0 Å². The molecular weight excluding hydrogens is 300 g/mol. The molecule has 0 unspecified atom stereocenters. The Hall–Kier alpha value is -3.46. The third-order valence-corrected chi connectivity index (χ3v) is 3.51. The lowest BCUT2D eigenvalue weighted by atomic mass is 10.0. The summed E-state index contributed by atoms with van der Waals surface area (Å²) in [6.07, 6.45) is 1.57. The first-order valence-electron chi connectivity index (χ1n) is 7.45. The number of nitriles is 1. The van der Waals surface area contributed by atoms with E-state index in [1.165, 1.54) is 16.7 Å². The summed E-state index contributed by atoms with van der Waals surface area (Å²) >= 11 is 0. The van der Waals surface area contributed by atoms with Crippen LogP contribution in [0.4, 0.5) is 5.69 Å². The fourth-order valence-corrected chi connectivity index (χ4v) is 2.51. The summed E-state index contributed by atoms with van der Waals surface area (Å²) < 4.78 is 0. The first-order valence-corrected chi connectivity index (χ1v) is 7.45. The van der Waals surface area contributed by atoms with Crippen molar-refractivity contribution in [1.29, 1.82) is 5.26 Å². The quantitative estimate of drug-likeness (QED) is 0.719. The largest absolute Gasteiger partial charge is 0.360 e. The molecule has 0 fully saturated rings. The smallest absolute Gasteiger partial charge is 0.216 e. The second-order valence-corrected chi connectivity index (χ2v) is 5.51. The summed E-state index contributed by atoms with van der Waals surface area (Å²) in [5.74, 6) is 0.260. The minimum atomic E-state index is 0.260. The second-order valence-electron chi connectivity index (χ2n) is 5.51. The molecule has 0 aliphatic carbocycles. The fraction of sp³-hybridized carbons (Fsp3) is 0.111. The number of benzene rings is 2. The third-order valence-electron chi connectivity index (χ3n) is 3.51. The van der Waals surface area contributed by atoms with Gasteiger partial charge in [0.05, 0.1) is 0 Å². The van der Waals surface area contributed by atoms with Crippen molar-refractivity contribution < 1.29 is 0 Å². The fourth-order valence-electron chi connectivity index (χ4n) is 2.51. The molecule has 24 heavy (non-hydrogen) atoms. The van der Waals surface area contributed by atoms with E-state index in [1.807, 2.05) is 24.3 Å². The molecule has 3 aromatic rings. The van der Waals surface area contributed by atoms with Gasteiger partial charge >= 0.3 is 0 Å². The number of allylic oxidation sites excluding steroid dienone is 1. The number of H-pyrrole nitrogens is 1. The summed E-state index contributed by atoms with van der Waals surface area (Å²) in [4.78, 5) is 0. The summed E-state index contributed by atoms with van der Waals surface area (Å²) in [7, 11) is 0. The van der Waals surface area contributed by atoms with Gasteiger partial charge in [0.1, 0.15) is 11.6 Å². The van der Waals surface area contributed by atoms with E-state index >= 15 is 0 Å². The lowest BCUT2D eigenvalue weighted by Crippen LogP contribution is -1.93. The predicted octanol–water partition coefficient (Wildman–Crippen LogP) is 3.46. The number of nitrogens with zero attached hydrogens (tertiary/aromatic N) is 4. The molecule has 118 valence electrons. The van der Waals surface area contributed by atoms with Crippen LogP contribution in [0.25, 0.3) is 16.7 Å². The van der Waals surface area contributed by atoms with Crippen molar-refractivity contribution in [2.24, 2.45) is 0 Å². The number of nitrogens with one attached hydrogen (secondary N) is 2. The van der Waals surface area contributed by atoms with Gasteiger partial charge in [0.25, 0.3) is 0 Å². The molecule has 0 aliphatic heterocycles. The zero-order chi connectivity index (χ0) is 16.9. The second kappa shape index (κ2) is 6.75. The van der Waals surface area contributed by atoms with Crippen molar-refractivity contribution in [2.45, 2.75) is 13.8 Å². The monoisotopic (exact) mass is 316 g/mol. The maximum absolute atomic E-state index is 9.19. The highest BCUT2D eigenvalue weighted by atomic mass is 15.5. The molecule has 0 atom stereocenters. The van der Waals surface area contributed by atoms with Crippen LogP contribution in [0.2, 0.25) is 0 Å². The van der Waals surface area contributed by atoms with Crippen LogP contribution in [-0.4, -0.2) is 20.6 Å². The Morgan fingerprint density at radius 2 is 1.92 bits per heavy atom. The molecule has 2 N–H and O–H groups in total.